The largest absolute Gasteiger partial charge is 0.508 e. The van der Waals surface area contributed by atoms with E-state index in [-0.39, 0.29) is 17.6 Å². The number of ether oxygens (including phenoxy) is 1. The molecule has 2 fully saturated rings. The van der Waals surface area contributed by atoms with E-state index in [1.54, 1.807) is 29.0 Å². The average molecular weight is 347 g/mol. The highest BCUT2D eigenvalue weighted by molar-refractivity contribution is 5.95. The van der Waals surface area contributed by atoms with Crippen molar-refractivity contribution in [1.29, 1.82) is 0 Å². The first kappa shape index (κ1) is 17.7. The smallest absolute Gasteiger partial charge is 0.255 e. The van der Waals surface area contributed by atoms with E-state index >= 15 is 0 Å². The number of rotatable bonds is 3. The lowest BCUT2D eigenvalue weighted by molar-refractivity contribution is -0.159. The minimum Gasteiger partial charge on any atom is -0.508 e. The molecule has 1 aromatic carbocycles. The van der Waals surface area contributed by atoms with Gasteiger partial charge < -0.3 is 25.0 Å². The van der Waals surface area contributed by atoms with Crippen LogP contribution >= 0.6 is 0 Å². The number of carbonyl (C=O) groups is 2. The normalized spacial score (nSPS) is 20.4. The lowest BCUT2D eigenvalue weighted by atomic mass is 9.90. The third-order valence-electron chi connectivity index (χ3n) is 5.14. The van der Waals surface area contributed by atoms with Crippen molar-refractivity contribution < 1.29 is 19.4 Å². The second-order valence-corrected chi connectivity index (χ2v) is 6.58. The predicted molar refractivity (Wildman–Crippen MR) is 92.4 cm³/mol. The summed E-state index contributed by atoms with van der Waals surface area (Å²) in [6.45, 7) is 3.52. The fourth-order valence-corrected chi connectivity index (χ4v) is 3.56. The Morgan fingerprint density at radius 2 is 1.76 bits per heavy atom. The quantitative estimate of drug-likeness (QED) is 0.829. The van der Waals surface area contributed by atoms with Gasteiger partial charge in [0.15, 0.2) is 0 Å². The fourth-order valence-electron chi connectivity index (χ4n) is 3.56. The number of aromatic hydroxyl groups is 1. The Hall–Kier alpha value is -2.12. The van der Waals surface area contributed by atoms with Crippen LogP contribution in [-0.2, 0) is 9.53 Å². The fraction of sp³-hybridized carbons (Fsp3) is 0.556. The average Bonchev–Trinajstić information content (AvgIpc) is 2.67. The number of piperidine rings is 1. The summed E-state index contributed by atoms with van der Waals surface area (Å²) in [5.41, 5.74) is -0.269. The van der Waals surface area contributed by atoms with Crippen molar-refractivity contribution in [2.45, 2.75) is 18.4 Å². The van der Waals surface area contributed by atoms with Crippen LogP contribution in [0.1, 0.15) is 23.2 Å². The molecule has 0 aliphatic carbocycles. The van der Waals surface area contributed by atoms with Crippen LogP contribution in [-0.4, -0.2) is 78.7 Å². The van der Waals surface area contributed by atoms with Crippen LogP contribution in [0.2, 0.25) is 0 Å². The summed E-state index contributed by atoms with van der Waals surface area (Å²) in [5, 5.41) is 12.8. The van der Waals surface area contributed by atoms with Crippen LogP contribution in [0.3, 0.4) is 0 Å². The highest BCUT2D eigenvalue weighted by atomic mass is 16.5. The standard InChI is InChI=1S/C18H25N3O4/c1-25-18(5-7-19-8-6-18)17(24)21-11-9-20(10-12-21)16(23)14-3-2-4-15(22)13-14/h2-4,13,19,22H,5-12H2,1H3. The van der Waals surface area contributed by atoms with Crippen molar-refractivity contribution in [3.05, 3.63) is 29.8 Å². The number of nitrogens with one attached hydrogen (secondary N) is 1. The number of hydrogen-bond acceptors (Lipinski definition) is 5. The monoisotopic (exact) mass is 347 g/mol. The molecule has 25 heavy (non-hydrogen) atoms. The molecule has 2 heterocycles. The molecule has 2 saturated heterocycles. The van der Waals surface area contributed by atoms with Gasteiger partial charge in [-0.05, 0) is 44.1 Å². The molecule has 0 radical (unpaired) electrons. The summed E-state index contributed by atoms with van der Waals surface area (Å²) in [6, 6.07) is 6.35. The van der Waals surface area contributed by atoms with Gasteiger partial charge in [0.05, 0.1) is 0 Å². The van der Waals surface area contributed by atoms with Crippen LogP contribution in [0.25, 0.3) is 0 Å². The molecule has 2 N–H and O–H groups in total. The van der Waals surface area contributed by atoms with Crippen LogP contribution in [0.15, 0.2) is 24.3 Å². The summed E-state index contributed by atoms with van der Waals surface area (Å²) in [6.07, 6.45) is 1.34. The first-order valence-electron chi connectivity index (χ1n) is 8.69. The van der Waals surface area contributed by atoms with Gasteiger partial charge in [-0.15, -0.1) is 0 Å². The summed E-state index contributed by atoms with van der Waals surface area (Å²) in [5.74, 6) is -0.0140. The summed E-state index contributed by atoms with van der Waals surface area (Å²) in [7, 11) is 1.60. The van der Waals surface area contributed by atoms with E-state index in [0.29, 0.717) is 44.6 Å². The van der Waals surface area contributed by atoms with Gasteiger partial charge in [-0.25, -0.2) is 0 Å². The number of phenols is 1. The first-order chi connectivity index (χ1) is 12.1. The molecule has 3 rings (SSSR count). The number of phenolic OH excluding ortho intramolecular Hbond substituents is 1. The Bertz CT molecular complexity index is 635. The maximum Gasteiger partial charge on any atom is 0.255 e. The molecule has 1 aromatic rings. The SMILES string of the molecule is COC1(C(=O)N2CCN(C(=O)c3cccc(O)c3)CC2)CCNCC1. The zero-order valence-electron chi connectivity index (χ0n) is 14.5. The van der Waals surface area contributed by atoms with Crippen molar-refractivity contribution in [1.82, 2.24) is 15.1 Å². The lowest BCUT2D eigenvalue weighted by Crippen LogP contribution is -2.59. The number of amides is 2. The maximum atomic E-state index is 12.9. The molecule has 7 heteroatoms. The molecule has 0 aromatic heterocycles. The third kappa shape index (κ3) is 3.62. The lowest BCUT2D eigenvalue weighted by Gasteiger charge is -2.42. The van der Waals surface area contributed by atoms with Crippen molar-refractivity contribution in [2.75, 3.05) is 46.4 Å². The van der Waals surface area contributed by atoms with Gasteiger partial charge in [0.2, 0.25) is 0 Å². The second-order valence-electron chi connectivity index (χ2n) is 6.58. The molecule has 0 saturated carbocycles. The predicted octanol–water partition coefficient (Wildman–Crippen LogP) is 0.445. The Labute approximate surface area is 147 Å². The topological polar surface area (TPSA) is 82.1 Å². The van der Waals surface area contributed by atoms with Gasteiger partial charge in [0.25, 0.3) is 11.8 Å². The Kier molecular flexibility index (Phi) is 5.24. The van der Waals surface area contributed by atoms with Crippen molar-refractivity contribution in [2.24, 2.45) is 0 Å². The van der Waals surface area contributed by atoms with Gasteiger partial charge in [-0.3, -0.25) is 9.59 Å². The highest BCUT2D eigenvalue weighted by Gasteiger charge is 2.43. The van der Waals surface area contributed by atoms with Crippen molar-refractivity contribution in [3.8, 4) is 5.75 Å². The summed E-state index contributed by atoms with van der Waals surface area (Å²) >= 11 is 0. The van der Waals surface area contributed by atoms with Gasteiger partial charge in [-0.1, -0.05) is 6.07 Å². The van der Waals surface area contributed by atoms with E-state index in [2.05, 4.69) is 5.32 Å². The van der Waals surface area contributed by atoms with Crippen LogP contribution in [0, 0.1) is 0 Å². The Balaban J connectivity index is 1.61. The highest BCUT2D eigenvalue weighted by Crippen LogP contribution is 2.26. The number of hydrogen-bond donors (Lipinski definition) is 2. The molecule has 2 aliphatic heterocycles. The number of carbonyl (C=O) groups excluding carboxylic acids is 2. The van der Waals surface area contributed by atoms with Crippen LogP contribution in [0.4, 0.5) is 0 Å². The van der Waals surface area contributed by atoms with E-state index < -0.39 is 5.60 Å². The van der Waals surface area contributed by atoms with Crippen LogP contribution in [0.5, 0.6) is 5.75 Å². The molecule has 2 amide bonds. The summed E-state index contributed by atoms with van der Waals surface area (Å²) < 4.78 is 5.61. The molecule has 136 valence electrons. The molecule has 0 unspecified atom stereocenters. The van der Waals surface area contributed by atoms with Gasteiger partial charge in [0, 0.05) is 38.9 Å². The van der Waals surface area contributed by atoms with Crippen molar-refractivity contribution >= 4 is 11.8 Å². The number of methoxy groups -OCH3 is 1. The van der Waals surface area contributed by atoms with E-state index in [0.717, 1.165) is 13.1 Å². The molecule has 2 aliphatic rings. The number of nitrogens with zero attached hydrogens (tertiary/aromatic N) is 2. The van der Waals surface area contributed by atoms with E-state index in [9.17, 15) is 14.7 Å². The maximum absolute atomic E-state index is 12.9. The molecule has 0 spiro atoms. The van der Waals surface area contributed by atoms with Gasteiger partial charge in [0.1, 0.15) is 11.4 Å². The van der Waals surface area contributed by atoms with Gasteiger partial charge >= 0.3 is 0 Å². The van der Waals surface area contributed by atoms with E-state index in [1.807, 2.05) is 0 Å². The minimum absolute atomic E-state index is 0.0287. The van der Waals surface area contributed by atoms with E-state index in [4.69, 9.17) is 4.74 Å². The first-order valence-corrected chi connectivity index (χ1v) is 8.69. The molecule has 0 bridgehead atoms. The Morgan fingerprint density at radius 3 is 2.36 bits per heavy atom. The summed E-state index contributed by atoms with van der Waals surface area (Å²) in [4.78, 5) is 29.0. The molecule has 0 atom stereocenters. The Morgan fingerprint density at radius 1 is 1.12 bits per heavy atom. The van der Waals surface area contributed by atoms with Crippen LogP contribution < -0.4 is 5.32 Å². The van der Waals surface area contributed by atoms with Crippen molar-refractivity contribution in [3.63, 3.8) is 0 Å². The number of benzene rings is 1. The zero-order valence-corrected chi connectivity index (χ0v) is 14.5. The molecule has 7 nitrogen and oxygen atoms in total. The second kappa shape index (κ2) is 7.41. The van der Waals surface area contributed by atoms with E-state index in [1.165, 1.54) is 12.1 Å². The minimum atomic E-state index is -0.733. The molecular weight excluding hydrogens is 322 g/mol. The van der Waals surface area contributed by atoms with Gasteiger partial charge in [-0.2, -0.15) is 0 Å². The zero-order chi connectivity index (χ0) is 17.9. The number of piperazine rings is 1. The third-order valence-corrected chi connectivity index (χ3v) is 5.14. The molecular formula is C18H25N3O4.